The van der Waals surface area contributed by atoms with Crippen molar-refractivity contribution in [3.05, 3.63) is 52.8 Å². The molecular formula is C24H33N5O2. The number of Topliss-reactive ketones (excluding diaryl/α,β-unsaturated/α-hetero) is 1. The number of nitrogens with two attached hydrogens (primary N) is 1. The number of aromatic nitrogens is 1. The summed E-state index contributed by atoms with van der Waals surface area (Å²) in [5.74, 6) is 0.427. The van der Waals surface area contributed by atoms with E-state index in [0.29, 0.717) is 12.3 Å². The van der Waals surface area contributed by atoms with Crippen molar-refractivity contribution in [2.75, 3.05) is 7.05 Å². The fraction of sp³-hybridized carbons (Fsp3) is 0.500. The highest BCUT2D eigenvalue weighted by atomic mass is 16.5. The lowest BCUT2D eigenvalue weighted by atomic mass is 9.96. The van der Waals surface area contributed by atoms with Gasteiger partial charge in [-0.3, -0.25) is 9.78 Å². The number of allylic oxidation sites excluding steroid dienone is 1. The van der Waals surface area contributed by atoms with Crippen molar-refractivity contribution < 1.29 is 9.53 Å². The Balaban J connectivity index is 1.22. The summed E-state index contributed by atoms with van der Waals surface area (Å²) in [5, 5.41) is 8.83. The lowest BCUT2D eigenvalue weighted by Gasteiger charge is -2.28. The highest BCUT2D eigenvalue weighted by molar-refractivity contribution is 5.83. The molecular weight excluding hydrogens is 390 g/mol. The molecule has 0 saturated carbocycles. The lowest BCUT2D eigenvalue weighted by Crippen LogP contribution is -2.49. The summed E-state index contributed by atoms with van der Waals surface area (Å²) in [4.78, 5) is 18.8. The highest BCUT2D eigenvalue weighted by Gasteiger charge is 2.29. The molecule has 2 aliphatic heterocycles. The third kappa shape index (κ3) is 5.10. The maximum atomic E-state index is 12.0. The normalized spacial score (nSPS) is 24.8. The average molecular weight is 424 g/mol. The van der Waals surface area contributed by atoms with Gasteiger partial charge in [0.2, 0.25) is 6.23 Å². The van der Waals surface area contributed by atoms with Crippen molar-refractivity contribution in [3.63, 3.8) is 0 Å². The van der Waals surface area contributed by atoms with Crippen LogP contribution in [0.3, 0.4) is 0 Å². The predicted octanol–water partition coefficient (Wildman–Crippen LogP) is 0.937. The van der Waals surface area contributed by atoms with E-state index in [0.717, 1.165) is 43.1 Å². The number of nitrogens with one attached hydrogen (secondary N) is 2. The smallest absolute Gasteiger partial charge is 0.228 e. The Morgan fingerprint density at radius 2 is 2.23 bits per heavy atom. The SMILES string of the molecule is Cc1ccc2c(n1)=CCC(C1=CN(C)C([C@@H](N)CCCCCC(=O)C3NC=CO3)N1)C=2. The molecule has 31 heavy (non-hydrogen) atoms. The number of fused-ring (bicyclic) bond motifs is 1. The molecule has 1 aromatic rings. The third-order valence-corrected chi connectivity index (χ3v) is 6.23. The molecule has 0 bridgehead atoms. The van der Waals surface area contributed by atoms with Crippen molar-refractivity contribution in [1.29, 1.82) is 0 Å². The van der Waals surface area contributed by atoms with Crippen molar-refractivity contribution in [2.45, 2.75) is 63.9 Å². The van der Waals surface area contributed by atoms with E-state index in [9.17, 15) is 4.79 Å². The van der Waals surface area contributed by atoms with Gasteiger partial charge in [-0.05, 0) is 37.5 Å². The monoisotopic (exact) mass is 423 g/mol. The number of carbonyl (C=O) groups excluding carboxylic acids is 1. The first-order chi connectivity index (χ1) is 15.0. The number of unbranched alkanes of at least 4 members (excludes halogenated alkanes) is 2. The Kier molecular flexibility index (Phi) is 6.61. The number of carbonyl (C=O) groups is 1. The molecule has 0 spiro atoms. The van der Waals surface area contributed by atoms with Gasteiger partial charge < -0.3 is 26.0 Å². The van der Waals surface area contributed by atoms with Crippen LogP contribution in [0.25, 0.3) is 12.2 Å². The van der Waals surface area contributed by atoms with Gasteiger partial charge in [-0.1, -0.05) is 31.1 Å². The van der Waals surface area contributed by atoms with E-state index in [1.165, 1.54) is 17.2 Å². The van der Waals surface area contributed by atoms with Gasteiger partial charge in [-0.2, -0.15) is 0 Å². The summed E-state index contributed by atoms with van der Waals surface area (Å²) in [7, 11) is 2.08. The Bertz CT molecular complexity index is 978. The molecule has 0 amide bonds. The Hall–Kier alpha value is -2.80. The lowest BCUT2D eigenvalue weighted by molar-refractivity contribution is -0.127. The van der Waals surface area contributed by atoms with Gasteiger partial charge in [0.15, 0.2) is 5.78 Å². The molecule has 0 aromatic carbocycles. The number of rotatable bonds is 9. The number of hydrogen-bond donors (Lipinski definition) is 3. The van der Waals surface area contributed by atoms with Gasteiger partial charge in [0, 0.05) is 49.2 Å². The van der Waals surface area contributed by atoms with Crippen LogP contribution in [0.2, 0.25) is 0 Å². The van der Waals surface area contributed by atoms with Crippen LogP contribution < -0.4 is 26.9 Å². The highest BCUT2D eigenvalue weighted by Crippen LogP contribution is 2.24. The number of nitrogens with zero attached hydrogens (tertiary/aromatic N) is 2. The topological polar surface area (TPSA) is 92.5 Å². The van der Waals surface area contributed by atoms with E-state index in [-0.39, 0.29) is 18.0 Å². The molecule has 3 unspecified atom stereocenters. The zero-order valence-corrected chi connectivity index (χ0v) is 18.4. The summed E-state index contributed by atoms with van der Waals surface area (Å²) in [5.41, 5.74) is 8.79. The van der Waals surface area contributed by atoms with Gasteiger partial charge in [0.25, 0.3) is 0 Å². The molecule has 0 saturated heterocycles. The minimum absolute atomic E-state index is 0.0302. The molecule has 1 aliphatic carbocycles. The number of likely N-dealkylation sites (N-methyl/N-ethyl adjacent to an activating group) is 1. The van der Waals surface area contributed by atoms with Crippen molar-refractivity contribution in [3.8, 4) is 0 Å². The molecule has 7 nitrogen and oxygen atoms in total. The quantitative estimate of drug-likeness (QED) is 0.509. The summed E-state index contributed by atoms with van der Waals surface area (Å²) in [6.07, 6.45) is 14.8. The van der Waals surface area contributed by atoms with Crippen LogP contribution in [0.1, 0.15) is 44.2 Å². The largest absolute Gasteiger partial charge is 0.469 e. The molecule has 1 aromatic heterocycles. The fourth-order valence-corrected chi connectivity index (χ4v) is 4.45. The molecule has 4 N–H and O–H groups in total. The van der Waals surface area contributed by atoms with E-state index < -0.39 is 6.23 Å². The molecule has 0 fully saturated rings. The van der Waals surface area contributed by atoms with E-state index in [2.05, 4.69) is 58.0 Å². The first-order valence-electron chi connectivity index (χ1n) is 11.2. The molecule has 7 heteroatoms. The van der Waals surface area contributed by atoms with Crippen molar-refractivity contribution in [1.82, 2.24) is 20.5 Å². The summed E-state index contributed by atoms with van der Waals surface area (Å²) in [6.45, 7) is 2.03. The summed E-state index contributed by atoms with van der Waals surface area (Å²) >= 11 is 0. The van der Waals surface area contributed by atoms with Gasteiger partial charge in [-0.25, -0.2) is 0 Å². The summed E-state index contributed by atoms with van der Waals surface area (Å²) in [6, 6.07) is 4.25. The van der Waals surface area contributed by atoms with Crippen molar-refractivity contribution in [2.24, 2.45) is 11.7 Å². The second-order valence-corrected chi connectivity index (χ2v) is 8.69. The van der Waals surface area contributed by atoms with Crippen LogP contribution in [0.5, 0.6) is 0 Å². The Morgan fingerprint density at radius 1 is 1.35 bits per heavy atom. The minimum atomic E-state index is -0.497. The maximum absolute atomic E-state index is 12.0. The van der Waals surface area contributed by atoms with E-state index >= 15 is 0 Å². The number of pyridine rings is 1. The molecule has 166 valence electrons. The fourth-order valence-electron chi connectivity index (χ4n) is 4.45. The van der Waals surface area contributed by atoms with Crippen LogP contribution in [-0.2, 0) is 9.53 Å². The molecule has 4 atom stereocenters. The third-order valence-electron chi connectivity index (χ3n) is 6.23. The first kappa shape index (κ1) is 21.4. The standard InChI is InChI=1S/C24H33N5O2/c1-16-8-9-17-14-18(10-11-20(17)27-16)21-15-29(2)23(28-21)19(25)6-4-3-5-7-22(30)24-26-12-13-31-24/h8-9,11-15,18-19,23-24,26,28H,3-7,10,25H2,1-2H3/t18?,19-,23?,24?/m0/s1. The van der Waals surface area contributed by atoms with Crippen LogP contribution in [-0.4, -0.2) is 41.2 Å². The van der Waals surface area contributed by atoms with Crippen LogP contribution in [0.15, 0.2) is 36.5 Å². The average Bonchev–Trinajstić information content (AvgIpc) is 3.43. The van der Waals surface area contributed by atoms with E-state index in [1.807, 2.05) is 6.92 Å². The Morgan fingerprint density at radius 3 is 3.03 bits per heavy atom. The Labute approximate surface area is 183 Å². The zero-order chi connectivity index (χ0) is 21.8. The summed E-state index contributed by atoms with van der Waals surface area (Å²) < 4.78 is 5.18. The number of hydrogen-bond acceptors (Lipinski definition) is 7. The van der Waals surface area contributed by atoms with Gasteiger partial charge in [0.05, 0.1) is 5.35 Å². The second kappa shape index (κ2) is 9.56. The molecule has 0 radical (unpaired) electrons. The van der Waals surface area contributed by atoms with E-state index in [1.54, 1.807) is 6.20 Å². The number of aryl methyl sites for hydroxylation is 1. The molecule has 3 aliphatic rings. The predicted molar refractivity (Wildman–Crippen MR) is 121 cm³/mol. The number of ketones is 1. The first-order valence-corrected chi connectivity index (χ1v) is 11.2. The van der Waals surface area contributed by atoms with Crippen LogP contribution in [0, 0.1) is 12.8 Å². The van der Waals surface area contributed by atoms with Crippen LogP contribution in [0.4, 0.5) is 0 Å². The van der Waals surface area contributed by atoms with Gasteiger partial charge in [0.1, 0.15) is 12.4 Å². The molecule has 3 heterocycles. The minimum Gasteiger partial charge on any atom is -0.469 e. The zero-order valence-electron chi connectivity index (χ0n) is 18.4. The maximum Gasteiger partial charge on any atom is 0.228 e. The number of ether oxygens (including phenoxy) is 1. The second-order valence-electron chi connectivity index (χ2n) is 8.69. The van der Waals surface area contributed by atoms with Crippen LogP contribution >= 0.6 is 0 Å². The van der Waals surface area contributed by atoms with Gasteiger partial charge in [-0.15, -0.1) is 0 Å². The molecule has 4 rings (SSSR count). The van der Waals surface area contributed by atoms with E-state index in [4.69, 9.17) is 10.5 Å². The van der Waals surface area contributed by atoms with Crippen molar-refractivity contribution >= 4 is 17.9 Å². The van der Waals surface area contributed by atoms with Gasteiger partial charge >= 0.3 is 0 Å².